The van der Waals surface area contributed by atoms with Crippen molar-refractivity contribution in [1.29, 1.82) is 0 Å². The van der Waals surface area contributed by atoms with Crippen molar-refractivity contribution in [1.82, 2.24) is 0 Å². The highest BCUT2D eigenvalue weighted by molar-refractivity contribution is 6.19. The summed E-state index contributed by atoms with van der Waals surface area (Å²) in [7, 11) is 0. The highest BCUT2D eigenvalue weighted by atomic mass is 35.5. The Morgan fingerprint density at radius 1 is 1.19 bits per heavy atom. The van der Waals surface area contributed by atoms with Gasteiger partial charge in [-0.2, -0.15) is 13.2 Å². The van der Waals surface area contributed by atoms with E-state index in [9.17, 15) is 17.6 Å². The maximum Gasteiger partial charge on any atom is 0.419 e. The molecule has 0 spiro atoms. The van der Waals surface area contributed by atoms with E-state index >= 15 is 0 Å². The molecule has 116 valence electrons. The highest BCUT2D eigenvalue weighted by Gasteiger charge is 2.34. The molecule has 0 amide bonds. The van der Waals surface area contributed by atoms with Crippen molar-refractivity contribution in [3.8, 4) is 0 Å². The molecular formula is C16H17ClF4. The Hall–Kier alpha value is -1.03. The van der Waals surface area contributed by atoms with Gasteiger partial charge in [0.25, 0.3) is 0 Å². The minimum absolute atomic E-state index is 0.295. The largest absolute Gasteiger partial charge is 0.419 e. The maximum absolute atomic E-state index is 13.3. The number of hydrogen-bond acceptors (Lipinski definition) is 0. The molecule has 1 saturated carbocycles. The summed E-state index contributed by atoms with van der Waals surface area (Å²) in [5, 5.41) is 0. The van der Waals surface area contributed by atoms with Gasteiger partial charge in [-0.25, -0.2) is 4.39 Å². The normalized spacial score (nSPS) is 18.0. The Balaban J connectivity index is 2.29. The molecule has 1 aromatic carbocycles. The quantitative estimate of drug-likeness (QED) is 0.470. The molecule has 2 rings (SSSR count). The van der Waals surface area contributed by atoms with E-state index in [1.807, 2.05) is 0 Å². The predicted molar refractivity (Wildman–Crippen MR) is 76.7 cm³/mol. The van der Waals surface area contributed by atoms with Crippen LogP contribution in [0.4, 0.5) is 17.6 Å². The van der Waals surface area contributed by atoms with E-state index in [4.69, 9.17) is 11.6 Å². The van der Waals surface area contributed by atoms with Gasteiger partial charge in [-0.15, -0.1) is 11.6 Å². The lowest BCUT2D eigenvalue weighted by atomic mass is 9.83. The second-order valence-electron chi connectivity index (χ2n) is 5.42. The second kappa shape index (κ2) is 6.82. The van der Waals surface area contributed by atoms with E-state index in [1.54, 1.807) is 6.08 Å². The minimum Gasteiger partial charge on any atom is -0.206 e. The number of allylic oxidation sites excluding steroid dienone is 1. The van der Waals surface area contributed by atoms with E-state index < -0.39 is 17.6 Å². The minimum atomic E-state index is -4.68. The van der Waals surface area contributed by atoms with Crippen molar-refractivity contribution >= 4 is 17.7 Å². The summed E-state index contributed by atoms with van der Waals surface area (Å²) in [6, 6.07) is 3.08. The molecule has 0 bridgehead atoms. The van der Waals surface area contributed by atoms with Gasteiger partial charge < -0.3 is 0 Å². The van der Waals surface area contributed by atoms with Crippen molar-refractivity contribution in [2.45, 2.75) is 38.3 Å². The van der Waals surface area contributed by atoms with Crippen LogP contribution in [0.1, 0.15) is 43.2 Å². The van der Waals surface area contributed by atoms with Crippen LogP contribution in [0.5, 0.6) is 0 Å². The van der Waals surface area contributed by atoms with Crippen molar-refractivity contribution in [2.75, 3.05) is 5.88 Å². The summed E-state index contributed by atoms with van der Waals surface area (Å²) in [6.07, 6.45) is 2.47. The van der Waals surface area contributed by atoms with Crippen LogP contribution in [0.3, 0.4) is 0 Å². The predicted octanol–water partition coefficient (Wildman–Crippen LogP) is 6.05. The van der Waals surface area contributed by atoms with Crippen LogP contribution in [0.2, 0.25) is 0 Å². The SMILES string of the molecule is Fc1ccc(/C=C(/CCl)C2CCCCC2)cc1C(F)(F)F. The molecule has 0 aromatic heterocycles. The third-order valence-electron chi connectivity index (χ3n) is 3.93. The van der Waals surface area contributed by atoms with Crippen LogP contribution in [0.15, 0.2) is 23.8 Å². The number of alkyl halides is 4. The Bertz CT molecular complexity index is 513. The summed E-state index contributed by atoms with van der Waals surface area (Å²) in [6.45, 7) is 0. The molecule has 0 unspecified atom stereocenters. The average molecular weight is 321 g/mol. The van der Waals surface area contributed by atoms with Gasteiger partial charge >= 0.3 is 6.18 Å². The lowest BCUT2D eigenvalue weighted by molar-refractivity contribution is -0.140. The van der Waals surface area contributed by atoms with E-state index in [-0.39, 0.29) is 0 Å². The Morgan fingerprint density at radius 2 is 1.86 bits per heavy atom. The van der Waals surface area contributed by atoms with Crippen molar-refractivity contribution in [3.63, 3.8) is 0 Å². The van der Waals surface area contributed by atoms with Crippen molar-refractivity contribution in [3.05, 3.63) is 40.7 Å². The molecule has 1 aliphatic carbocycles. The Kier molecular flexibility index (Phi) is 5.31. The number of rotatable bonds is 3. The number of hydrogen-bond donors (Lipinski definition) is 0. The van der Waals surface area contributed by atoms with Gasteiger partial charge in [-0.3, -0.25) is 0 Å². The van der Waals surface area contributed by atoms with E-state index in [0.717, 1.165) is 43.4 Å². The molecule has 0 atom stereocenters. The van der Waals surface area contributed by atoms with Gasteiger partial charge in [0, 0.05) is 5.88 Å². The Morgan fingerprint density at radius 3 is 2.43 bits per heavy atom. The molecule has 0 aliphatic heterocycles. The number of benzene rings is 1. The molecular weight excluding hydrogens is 304 g/mol. The molecule has 0 N–H and O–H groups in total. The molecule has 0 nitrogen and oxygen atoms in total. The molecule has 21 heavy (non-hydrogen) atoms. The van der Waals surface area contributed by atoms with Crippen LogP contribution in [0, 0.1) is 11.7 Å². The average Bonchev–Trinajstić information content (AvgIpc) is 2.46. The molecule has 1 fully saturated rings. The van der Waals surface area contributed by atoms with E-state index in [0.29, 0.717) is 17.4 Å². The van der Waals surface area contributed by atoms with Crippen LogP contribution >= 0.6 is 11.6 Å². The lowest BCUT2D eigenvalue weighted by Gasteiger charge is -2.23. The van der Waals surface area contributed by atoms with Gasteiger partial charge in [0.1, 0.15) is 5.82 Å². The van der Waals surface area contributed by atoms with Crippen molar-refractivity contribution in [2.24, 2.45) is 5.92 Å². The summed E-state index contributed by atoms with van der Waals surface area (Å²) >= 11 is 5.95. The fourth-order valence-electron chi connectivity index (χ4n) is 2.80. The molecule has 1 aromatic rings. The first-order chi connectivity index (χ1) is 9.91. The summed E-state index contributed by atoms with van der Waals surface area (Å²) in [5.41, 5.74) is 0.0647. The van der Waals surface area contributed by atoms with Gasteiger partial charge in [0.2, 0.25) is 0 Å². The van der Waals surface area contributed by atoms with E-state index in [2.05, 4.69) is 0 Å². The maximum atomic E-state index is 13.3. The third-order valence-corrected chi connectivity index (χ3v) is 4.24. The zero-order chi connectivity index (χ0) is 15.5. The van der Waals surface area contributed by atoms with Gasteiger partial charge in [0.15, 0.2) is 0 Å². The van der Waals surface area contributed by atoms with Crippen LogP contribution in [0.25, 0.3) is 6.08 Å². The second-order valence-corrected chi connectivity index (χ2v) is 5.69. The highest BCUT2D eigenvalue weighted by Crippen LogP contribution is 2.34. The number of halogens is 5. The molecule has 0 saturated heterocycles. The zero-order valence-corrected chi connectivity index (χ0v) is 12.3. The van der Waals surface area contributed by atoms with Crippen molar-refractivity contribution < 1.29 is 17.6 Å². The first-order valence-electron chi connectivity index (χ1n) is 7.05. The summed E-state index contributed by atoms with van der Waals surface area (Å²) in [5.74, 6) is -0.621. The van der Waals surface area contributed by atoms with Crippen LogP contribution in [-0.4, -0.2) is 5.88 Å². The summed E-state index contributed by atoms with van der Waals surface area (Å²) < 4.78 is 51.4. The van der Waals surface area contributed by atoms with Crippen LogP contribution in [-0.2, 0) is 6.18 Å². The van der Waals surface area contributed by atoms with Gasteiger partial charge in [-0.05, 0) is 36.5 Å². The first kappa shape index (κ1) is 16.3. The zero-order valence-electron chi connectivity index (χ0n) is 11.5. The van der Waals surface area contributed by atoms with Gasteiger partial charge in [-0.1, -0.05) is 37.0 Å². The van der Waals surface area contributed by atoms with E-state index in [1.165, 1.54) is 12.5 Å². The third kappa shape index (κ3) is 4.22. The fraction of sp³-hybridized carbons (Fsp3) is 0.500. The smallest absolute Gasteiger partial charge is 0.206 e. The molecule has 0 radical (unpaired) electrons. The monoisotopic (exact) mass is 320 g/mol. The lowest BCUT2D eigenvalue weighted by Crippen LogP contribution is -2.11. The molecule has 1 aliphatic rings. The topological polar surface area (TPSA) is 0 Å². The molecule has 0 heterocycles. The van der Waals surface area contributed by atoms with Gasteiger partial charge in [0.05, 0.1) is 5.56 Å². The standard InChI is InChI=1S/C16H17ClF4/c17-10-13(12-4-2-1-3-5-12)8-11-6-7-15(18)14(9-11)16(19,20)21/h6-9,12H,1-5,10H2/b13-8-. The Labute approximate surface area is 126 Å². The first-order valence-corrected chi connectivity index (χ1v) is 7.58. The summed E-state index contributed by atoms with van der Waals surface area (Å²) in [4.78, 5) is 0. The molecule has 5 heteroatoms. The van der Waals surface area contributed by atoms with Crippen LogP contribution < -0.4 is 0 Å². The fourth-order valence-corrected chi connectivity index (χ4v) is 3.10.